The minimum Gasteiger partial charge on any atom is -0.241 e. The van der Waals surface area contributed by atoms with Crippen LogP contribution in [0.5, 0.6) is 0 Å². The molecule has 4 heteroatoms. The second-order valence-corrected chi connectivity index (χ2v) is 4.02. The predicted octanol–water partition coefficient (Wildman–Crippen LogP) is 2.70. The first-order valence-electron chi connectivity index (χ1n) is 4.46. The van der Waals surface area contributed by atoms with Gasteiger partial charge in [-0.05, 0) is 18.2 Å². The summed E-state index contributed by atoms with van der Waals surface area (Å²) in [5.74, 6) is 0. The van der Waals surface area contributed by atoms with Crippen LogP contribution in [0.2, 0.25) is 0 Å². The number of halogens is 1. The maximum Gasteiger partial charge on any atom is 0.0670 e. The maximum atomic E-state index is 8.55. The standard InChI is InChI=1S/C11H8BrN3/c12-10-2-1-3-11(6-10)15-8-9(4-5-13)7-14-15/h1-3,6-8H,4H2. The summed E-state index contributed by atoms with van der Waals surface area (Å²) in [7, 11) is 0. The fourth-order valence-electron chi connectivity index (χ4n) is 1.30. The second kappa shape index (κ2) is 4.28. The monoisotopic (exact) mass is 261 g/mol. The Hall–Kier alpha value is -1.60. The van der Waals surface area contributed by atoms with Gasteiger partial charge in [-0.2, -0.15) is 10.4 Å². The molecule has 0 radical (unpaired) electrons. The second-order valence-electron chi connectivity index (χ2n) is 3.11. The fourth-order valence-corrected chi connectivity index (χ4v) is 1.69. The molecule has 0 bridgehead atoms. The average molecular weight is 262 g/mol. The van der Waals surface area contributed by atoms with Gasteiger partial charge in [0.05, 0.1) is 24.4 Å². The maximum absolute atomic E-state index is 8.55. The predicted molar refractivity (Wildman–Crippen MR) is 60.6 cm³/mol. The van der Waals surface area contributed by atoms with E-state index in [4.69, 9.17) is 5.26 Å². The normalized spacial score (nSPS) is 9.87. The van der Waals surface area contributed by atoms with Crippen LogP contribution in [0.3, 0.4) is 0 Å². The van der Waals surface area contributed by atoms with Crippen LogP contribution < -0.4 is 0 Å². The van der Waals surface area contributed by atoms with E-state index >= 15 is 0 Å². The Kier molecular flexibility index (Phi) is 2.84. The number of aromatic nitrogens is 2. The molecule has 0 spiro atoms. The lowest BCUT2D eigenvalue weighted by atomic mass is 10.3. The van der Waals surface area contributed by atoms with Gasteiger partial charge in [0.2, 0.25) is 0 Å². The number of hydrogen-bond acceptors (Lipinski definition) is 2. The SMILES string of the molecule is N#CCc1cnn(-c2cccc(Br)c2)c1. The Morgan fingerprint density at radius 2 is 2.33 bits per heavy atom. The van der Waals surface area contributed by atoms with Gasteiger partial charge in [-0.15, -0.1) is 0 Å². The summed E-state index contributed by atoms with van der Waals surface area (Å²) in [6.45, 7) is 0. The smallest absolute Gasteiger partial charge is 0.0670 e. The molecular weight excluding hydrogens is 254 g/mol. The van der Waals surface area contributed by atoms with Crippen molar-refractivity contribution in [1.29, 1.82) is 5.26 Å². The van der Waals surface area contributed by atoms with Crippen molar-refractivity contribution in [3.05, 3.63) is 46.7 Å². The van der Waals surface area contributed by atoms with E-state index in [2.05, 4.69) is 27.1 Å². The van der Waals surface area contributed by atoms with Crippen LogP contribution in [0.4, 0.5) is 0 Å². The lowest BCUT2D eigenvalue weighted by molar-refractivity contribution is 0.879. The molecule has 1 heterocycles. The van der Waals surface area contributed by atoms with Gasteiger partial charge in [0.15, 0.2) is 0 Å². The van der Waals surface area contributed by atoms with Crippen LogP contribution in [-0.2, 0) is 6.42 Å². The van der Waals surface area contributed by atoms with Gasteiger partial charge in [-0.25, -0.2) is 4.68 Å². The van der Waals surface area contributed by atoms with Gasteiger partial charge in [0.25, 0.3) is 0 Å². The lowest BCUT2D eigenvalue weighted by Gasteiger charge is -2.00. The highest BCUT2D eigenvalue weighted by molar-refractivity contribution is 9.10. The highest BCUT2D eigenvalue weighted by atomic mass is 79.9. The quantitative estimate of drug-likeness (QED) is 0.834. The highest BCUT2D eigenvalue weighted by Crippen LogP contribution is 2.15. The first kappa shape index (κ1) is 9.94. The molecule has 15 heavy (non-hydrogen) atoms. The highest BCUT2D eigenvalue weighted by Gasteiger charge is 2.00. The molecule has 0 unspecified atom stereocenters. The lowest BCUT2D eigenvalue weighted by Crippen LogP contribution is -1.93. The largest absolute Gasteiger partial charge is 0.241 e. The van der Waals surface area contributed by atoms with Crippen LogP contribution in [0.15, 0.2) is 41.1 Å². The molecule has 74 valence electrons. The van der Waals surface area contributed by atoms with Gasteiger partial charge in [0, 0.05) is 16.2 Å². The molecule has 0 amide bonds. The van der Waals surface area contributed by atoms with Crippen LogP contribution in [0.25, 0.3) is 5.69 Å². The molecule has 2 rings (SSSR count). The fraction of sp³-hybridized carbons (Fsp3) is 0.0909. The van der Waals surface area contributed by atoms with Crippen molar-refractivity contribution < 1.29 is 0 Å². The van der Waals surface area contributed by atoms with Crippen LogP contribution in [0.1, 0.15) is 5.56 Å². The van der Waals surface area contributed by atoms with E-state index < -0.39 is 0 Å². The van der Waals surface area contributed by atoms with E-state index in [1.807, 2.05) is 30.5 Å². The Labute approximate surface area is 96.1 Å². The van der Waals surface area contributed by atoms with Gasteiger partial charge in [-0.3, -0.25) is 0 Å². The zero-order chi connectivity index (χ0) is 10.7. The zero-order valence-electron chi connectivity index (χ0n) is 7.89. The Morgan fingerprint density at radius 3 is 3.07 bits per heavy atom. The Bertz CT molecular complexity index is 511. The van der Waals surface area contributed by atoms with E-state index in [0.717, 1.165) is 15.7 Å². The third kappa shape index (κ3) is 2.25. The number of benzene rings is 1. The van der Waals surface area contributed by atoms with E-state index in [9.17, 15) is 0 Å². The van der Waals surface area contributed by atoms with Gasteiger partial charge < -0.3 is 0 Å². The van der Waals surface area contributed by atoms with Crippen molar-refractivity contribution in [3.63, 3.8) is 0 Å². The average Bonchev–Trinajstić information content (AvgIpc) is 2.67. The van der Waals surface area contributed by atoms with Crippen molar-refractivity contribution in [2.24, 2.45) is 0 Å². The summed E-state index contributed by atoms with van der Waals surface area (Å²) in [6, 6.07) is 9.95. The summed E-state index contributed by atoms with van der Waals surface area (Å²) < 4.78 is 2.77. The third-order valence-electron chi connectivity index (χ3n) is 1.99. The van der Waals surface area contributed by atoms with Crippen molar-refractivity contribution in [2.45, 2.75) is 6.42 Å². The van der Waals surface area contributed by atoms with E-state index in [1.54, 1.807) is 10.9 Å². The van der Waals surface area contributed by atoms with Crippen LogP contribution >= 0.6 is 15.9 Å². The summed E-state index contributed by atoms with van der Waals surface area (Å²) in [4.78, 5) is 0. The van der Waals surface area contributed by atoms with Crippen molar-refractivity contribution in [2.75, 3.05) is 0 Å². The molecule has 0 aliphatic heterocycles. The summed E-state index contributed by atoms with van der Waals surface area (Å²) >= 11 is 3.40. The number of nitriles is 1. The van der Waals surface area contributed by atoms with Crippen molar-refractivity contribution >= 4 is 15.9 Å². The number of nitrogens with zero attached hydrogens (tertiary/aromatic N) is 3. The molecule has 0 aliphatic carbocycles. The van der Waals surface area contributed by atoms with E-state index in [1.165, 1.54) is 0 Å². The van der Waals surface area contributed by atoms with Gasteiger partial charge in [-0.1, -0.05) is 22.0 Å². The number of hydrogen-bond donors (Lipinski definition) is 0. The molecule has 0 N–H and O–H groups in total. The van der Waals surface area contributed by atoms with Crippen molar-refractivity contribution in [1.82, 2.24) is 9.78 Å². The van der Waals surface area contributed by atoms with Gasteiger partial charge >= 0.3 is 0 Å². The molecule has 0 saturated carbocycles. The van der Waals surface area contributed by atoms with Crippen LogP contribution in [-0.4, -0.2) is 9.78 Å². The van der Waals surface area contributed by atoms with Crippen molar-refractivity contribution in [3.8, 4) is 11.8 Å². The minimum atomic E-state index is 0.397. The molecule has 2 aromatic rings. The minimum absolute atomic E-state index is 0.397. The molecule has 1 aromatic heterocycles. The molecule has 0 saturated heterocycles. The molecule has 0 atom stereocenters. The molecule has 0 fully saturated rings. The summed E-state index contributed by atoms with van der Waals surface area (Å²) in [6.07, 6.45) is 3.98. The molecular formula is C11H8BrN3. The first-order valence-corrected chi connectivity index (χ1v) is 5.25. The van der Waals surface area contributed by atoms with E-state index in [-0.39, 0.29) is 0 Å². The number of rotatable bonds is 2. The topological polar surface area (TPSA) is 41.6 Å². The first-order chi connectivity index (χ1) is 7.29. The van der Waals surface area contributed by atoms with E-state index in [0.29, 0.717) is 6.42 Å². The van der Waals surface area contributed by atoms with Gasteiger partial charge in [0.1, 0.15) is 0 Å². The summed E-state index contributed by atoms with van der Waals surface area (Å²) in [5, 5.41) is 12.7. The zero-order valence-corrected chi connectivity index (χ0v) is 9.48. The third-order valence-corrected chi connectivity index (χ3v) is 2.49. The molecule has 3 nitrogen and oxygen atoms in total. The molecule has 1 aromatic carbocycles. The van der Waals surface area contributed by atoms with Crippen LogP contribution in [0, 0.1) is 11.3 Å². The molecule has 0 aliphatic rings. The Morgan fingerprint density at radius 1 is 1.47 bits per heavy atom. The summed E-state index contributed by atoms with van der Waals surface area (Å²) in [5.41, 5.74) is 1.91. The Balaban J connectivity index is 2.34.